The Morgan fingerprint density at radius 1 is 0.475 bits per heavy atom. The highest BCUT2D eigenvalue weighted by Gasteiger charge is 2.24. The topological polar surface area (TPSA) is 108 Å². The van der Waals surface area contributed by atoms with Gasteiger partial charge in [-0.05, 0) is 57.8 Å². The fourth-order valence-electron chi connectivity index (χ4n) is 6.98. The first-order chi connectivity index (χ1) is 29.8. The largest absolute Gasteiger partial charge is 0.472 e. The lowest BCUT2D eigenvalue weighted by Gasteiger charge is -2.19. The summed E-state index contributed by atoms with van der Waals surface area (Å²) in [6.45, 7) is 3.78. The number of allylic oxidation sites excluding steroid dienone is 10. The van der Waals surface area contributed by atoms with Crippen molar-refractivity contribution in [2.75, 3.05) is 20.3 Å². The van der Waals surface area contributed by atoms with Crippen LogP contribution in [0.15, 0.2) is 60.8 Å². The minimum absolute atomic E-state index is 0.205. The normalized spacial score (nSPS) is 13.7. The van der Waals surface area contributed by atoms with E-state index in [9.17, 15) is 19.0 Å². The fourth-order valence-corrected chi connectivity index (χ4v) is 7.44. The molecule has 0 aliphatic rings. The number of phosphoric acid groups is 1. The van der Waals surface area contributed by atoms with E-state index >= 15 is 0 Å². The van der Waals surface area contributed by atoms with E-state index in [1.165, 1.54) is 128 Å². The van der Waals surface area contributed by atoms with Crippen molar-refractivity contribution in [3.8, 4) is 0 Å². The standard InChI is InChI=1S/C52H93O8P/c1-4-6-8-10-12-14-16-18-20-22-24-25-26-27-29-30-32-34-36-38-40-42-44-46-51(53)58-48-50(49-59-61(55,56)57-3)60-52(54)47-45-43-41-39-37-35-33-31-28-23-21-19-17-15-13-11-9-7-5-2/h7,9,13,15,19,21,28,31,35,37,50H,4-6,8,10-12,14,16-18,20,22-27,29-30,32-34,36,38-49H2,1-3H3,(H,55,56)/b9-7-,15-13-,21-19-,31-28-,37-35-. The van der Waals surface area contributed by atoms with Crippen molar-refractivity contribution in [3.63, 3.8) is 0 Å². The van der Waals surface area contributed by atoms with E-state index in [1.54, 1.807) is 0 Å². The van der Waals surface area contributed by atoms with Crippen LogP contribution in [-0.2, 0) is 32.7 Å². The molecule has 0 heterocycles. The number of phosphoric ester groups is 1. The molecule has 0 aromatic rings. The Hall–Kier alpha value is -2.25. The molecule has 0 aromatic heterocycles. The lowest BCUT2D eigenvalue weighted by Crippen LogP contribution is -2.29. The summed E-state index contributed by atoms with van der Waals surface area (Å²) in [5, 5.41) is 0. The van der Waals surface area contributed by atoms with E-state index in [1.807, 2.05) is 0 Å². The van der Waals surface area contributed by atoms with Crippen LogP contribution in [0, 0.1) is 0 Å². The molecule has 0 aliphatic heterocycles. The SMILES string of the molecule is CC/C=C\C/C=C\C/C=C\C/C=C\C/C=C\CCCCCC(=O)OC(COC(=O)CCCCCCCCCCCCCCCCCCCCCCCCC)COP(=O)(O)OC. The van der Waals surface area contributed by atoms with E-state index in [-0.39, 0.29) is 25.4 Å². The van der Waals surface area contributed by atoms with Gasteiger partial charge in [0.1, 0.15) is 6.61 Å². The van der Waals surface area contributed by atoms with Crippen molar-refractivity contribution in [2.45, 2.75) is 238 Å². The summed E-state index contributed by atoms with van der Waals surface area (Å²) in [5.41, 5.74) is 0. The first-order valence-corrected chi connectivity index (χ1v) is 26.5. The predicted octanol–water partition coefficient (Wildman–Crippen LogP) is 16.3. The molecule has 2 unspecified atom stereocenters. The van der Waals surface area contributed by atoms with E-state index in [0.717, 1.165) is 77.7 Å². The Bertz CT molecular complexity index is 1180. The molecular formula is C52H93O8P. The quantitative estimate of drug-likeness (QED) is 0.0279. The highest BCUT2D eigenvalue weighted by Crippen LogP contribution is 2.42. The monoisotopic (exact) mass is 877 g/mol. The second kappa shape index (κ2) is 47.2. The third-order valence-electron chi connectivity index (χ3n) is 10.8. The fraction of sp³-hybridized carbons (Fsp3) is 0.769. The lowest BCUT2D eigenvalue weighted by molar-refractivity contribution is -0.161. The second-order valence-electron chi connectivity index (χ2n) is 16.6. The van der Waals surface area contributed by atoms with E-state index in [0.29, 0.717) is 6.42 Å². The molecule has 0 rings (SSSR count). The molecule has 0 radical (unpaired) electrons. The van der Waals surface area contributed by atoms with Crippen LogP contribution in [0.5, 0.6) is 0 Å². The minimum atomic E-state index is -4.28. The van der Waals surface area contributed by atoms with E-state index < -0.39 is 26.5 Å². The molecule has 2 atom stereocenters. The summed E-state index contributed by atoms with van der Waals surface area (Å²) in [7, 11) is -3.22. The zero-order chi connectivity index (χ0) is 44.6. The van der Waals surface area contributed by atoms with Gasteiger partial charge in [0.2, 0.25) is 0 Å². The van der Waals surface area contributed by atoms with Crippen molar-refractivity contribution < 1.29 is 37.6 Å². The molecule has 1 N–H and O–H groups in total. The predicted molar refractivity (Wildman–Crippen MR) is 258 cm³/mol. The van der Waals surface area contributed by atoms with E-state index in [2.05, 4.69) is 79.1 Å². The van der Waals surface area contributed by atoms with E-state index in [4.69, 9.17) is 14.0 Å². The molecule has 9 heteroatoms. The average Bonchev–Trinajstić information content (AvgIpc) is 3.25. The number of hydrogen-bond acceptors (Lipinski definition) is 7. The molecule has 0 spiro atoms. The maximum absolute atomic E-state index is 12.5. The number of carbonyl (C=O) groups is 2. The molecule has 0 bridgehead atoms. The Kier molecular flexibility index (Phi) is 45.5. The molecule has 61 heavy (non-hydrogen) atoms. The molecule has 8 nitrogen and oxygen atoms in total. The molecule has 0 fully saturated rings. The van der Waals surface area contributed by atoms with Crippen LogP contribution in [0.3, 0.4) is 0 Å². The number of rotatable bonds is 46. The Morgan fingerprint density at radius 3 is 1.25 bits per heavy atom. The van der Waals surface area contributed by atoms with Gasteiger partial charge in [0, 0.05) is 20.0 Å². The molecule has 354 valence electrons. The maximum Gasteiger partial charge on any atom is 0.472 e. The molecular weight excluding hydrogens is 784 g/mol. The number of unbranched alkanes of at least 4 members (excludes halogenated alkanes) is 25. The number of carbonyl (C=O) groups excluding carboxylic acids is 2. The highest BCUT2D eigenvalue weighted by molar-refractivity contribution is 7.47. The Balaban J connectivity index is 3.94. The Labute approximate surface area is 375 Å². The van der Waals surface area contributed by atoms with Crippen LogP contribution >= 0.6 is 7.82 Å². The molecule has 0 aliphatic carbocycles. The minimum Gasteiger partial charge on any atom is -0.462 e. The zero-order valence-corrected chi connectivity index (χ0v) is 40.5. The number of esters is 2. The van der Waals surface area contributed by atoms with Gasteiger partial charge < -0.3 is 14.4 Å². The van der Waals surface area contributed by atoms with Crippen molar-refractivity contribution >= 4 is 19.8 Å². The van der Waals surface area contributed by atoms with Crippen LogP contribution < -0.4 is 0 Å². The van der Waals surface area contributed by atoms with Crippen molar-refractivity contribution in [3.05, 3.63) is 60.8 Å². The van der Waals surface area contributed by atoms with Crippen LogP contribution in [0.1, 0.15) is 232 Å². The van der Waals surface area contributed by atoms with Gasteiger partial charge in [-0.1, -0.05) is 222 Å². The van der Waals surface area contributed by atoms with Gasteiger partial charge in [-0.25, -0.2) is 4.57 Å². The second-order valence-corrected chi connectivity index (χ2v) is 18.1. The molecule has 0 saturated carbocycles. The average molecular weight is 877 g/mol. The summed E-state index contributed by atoms with van der Waals surface area (Å²) < 4.78 is 32.1. The van der Waals surface area contributed by atoms with Crippen LogP contribution in [0.4, 0.5) is 0 Å². The Morgan fingerprint density at radius 2 is 0.836 bits per heavy atom. The summed E-state index contributed by atoms with van der Waals surface area (Å²) in [4.78, 5) is 34.6. The van der Waals surface area contributed by atoms with Gasteiger partial charge in [0.15, 0.2) is 6.10 Å². The van der Waals surface area contributed by atoms with Gasteiger partial charge in [-0.2, -0.15) is 0 Å². The van der Waals surface area contributed by atoms with Gasteiger partial charge in [-0.3, -0.25) is 18.6 Å². The number of hydrogen-bond donors (Lipinski definition) is 1. The highest BCUT2D eigenvalue weighted by atomic mass is 31.2. The van der Waals surface area contributed by atoms with Gasteiger partial charge in [0.25, 0.3) is 0 Å². The first kappa shape index (κ1) is 58.8. The third-order valence-corrected chi connectivity index (χ3v) is 11.7. The summed E-state index contributed by atoms with van der Waals surface area (Å²) in [5.74, 6) is -0.835. The first-order valence-electron chi connectivity index (χ1n) is 25.0. The number of ether oxygens (including phenoxy) is 2. The van der Waals surface area contributed by atoms with Crippen LogP contribution in [0.2, 0.25) is 0 Å². The smallest absolute Gasteiger partial charge is 0.462 e. The van der Waals surface area contributed by atoms with Crippen LogP contribution in [-0.4, -0.2) is 43.3 Å². The van der Waals surface area contributed by atoms with Gasteiger partial charge in [-0.15, -0.1) is 0 Å². The summed E-state index contributed by atoms with van der Waals surface area (Å²) in [6, 6.07) is 0. The van der Waals surface area contributed by atoms with Gasteiger partial charge in [0.05, 0.1) is 6.61 Å². The zero-order valence-electron chi connectivity index (χ0n) is 39.6. The van der Waals surface area contributed by atoms with Crippen molar-refractivity contribution in [1.29, 1.82) is 0 Å². The van der Waals surface area contributed by atoms with Crippen molar-refractivity contribution in [1.82, 2.24) is 0 Å². The maximum atomic E-state index is 12.5. The summed E-state index contributed by atoms with van der Waals surface area (Å²) >= 11 is 0. The van der Waals surface area contributed by atoms with Crippen molar-refractivity contribution in [2.24, 2.45) is 0 Å². The third kappa shape index (κ3) is 47.1. The molecule has 0 amide bonds. The molecule has 0 saturated heterocycles. The lowest BCUT2D eigenvalue weighted by atomic mass is 10.0. The van der Waals surface area contributed by atoms with Gasteiger partial charge >= 0.3 is 19.8 Å². The molecule has 0 aromatic carbocycles. The van der Waals surface area contributed by atoms with Crippen LogP contribution in [0.25, 0.3) is 0 Å². The summed E-state index contributed by atoms with van der Waals surface area (Å²) in [6.07, 6.45) is 60.0.